The number of nitrogens with two attached hydrogens (primary N) is 1. The summed E-state index contributed by atoms with van der Waals surface area (Å²) in [5.41, 5.74) is 5.69. The first-order valence-corrected chi connectivity index (χ1v) is 14.4. The van der Waals surface area contributed by atoms with E-state index in [4.69, 9.17) is 15.7 Å². The molecule has 2 saturated carbocycles. The normalized spacial score (nSPS) is 31.1. The first-order chi connectivity index (χ1) is 18.9. The number of carbonyl (C=O) groups excluding carboxylic acids is 1. The van der Waals surface area contributed by atoms with Crippen LogP contribution in [-0.4, -0.2) is 61.9 Å². The van der Waals surface area contributed by atoms with Crippen LogP contribution in [0.5, 0.6) is 0 Å². The Labute approximate surface area is 227 Å². The SMILES string of the molecule is NC(=O)/C(=N\OCC(=O)O)c1nc2ccccc2n([C@H]2C[C@H]3CCC[C@@H](C2)N3C2C[C@H]3CCC[C@@H](C2)C3)c1=O. The molecule has 6 rings (SSSR count). The molecule has 208 valence electrons. The Balaban J connectivity index is 1.35. The molecule has 6 atom stereocenters. The van der Waals surface area contributed by atoms with Gasteiger partial charge in [-0.25, -0.2) is 9.78 Å². The predicted molar refractivity (Wildman–Crippen MR) is 145 cm³/mol. The highest BCUT2D eigenvalue weighted by atomic mass is 16.6. The van der Waals surface area contributed by atoms with Crippen molar-refractivity contribution in [1.82, 2.24) is 14.5 Å². The molecule has 10 heteroatoms. The van der Waals surface area contributed by atoms with Crippen LogP contribution in [0.1, 0.15) is 82.4 Å². The van der Waals surface area contributed by atoms with Crippen molar-refractivity contribution in [2.75, 3.05) is 6.61 Å². The molecule has 39 heavy (non-hydrogen) atoms. The molecule has 2 aliphatic heterocycles. The average molecular weight is 536 g/mol. The lowest BCUT2D eigenvalue weighted by Gasteiger charge is -2.55. The summed E-state index contributed by atoms with van der Waals surface area (Å²) in [7, 11) is 0. The molecular formula is C29H37N5O5. The topological polar surface area (TPSA) is 140 Å². The third-order valence-corrected chi connectivity index (χ3v) is 9.49. The third kappa shape index (κ3) is 5.06. The second-order valence-electron chi connectivity index (χ2n) is 11.9. The first-order valence-electron chi connectivity index (χ1n) is 14.4. The fourth-order valence-corrected chi connectivity index (χ4v) is 8.16. The van der Waals surface area contributed by atoms with Gasteiger partial charge in [-0.05, 0) is 68.9 Å². The number of carboxylic acids is 1. The van der Waals surface area contributed by atoms with Crippen molar-refractivity contribution in [3.8, 4) is 0 Å². The van der Waals surface area contributed by atoms with Crippen LogP contribution in [-0.2, 0) is 14.4 Å². The Kier molecular flexibility index (Phi) is 7.14. The number of carboxylic acid groups (broad SMARTS) is 1. The monoisotopic (exact) mass is 535 g/mol. The zero-order valence-electron chi connectivity index (χ0n) is 22.2. The number of benzene rings is 1. The lowest BCUT2D eigenvalue weighted by molar-refractivity contribution is -0.142. The van der Waals surface area contributed by atoms with E-state index in [0.717, 1.165) is 37.5 Å². The summed E-state index contributed by atoms with van der Waals surface area (Å²) in [6.45, 7) is -0.761. The maximum Gasteiger partial charge on any atom is 0.344 e. The van der Waals surface area contributed by atoms with Gasteiger partial charge < -0.3 is 20.2 Å². The highest BCUT2D eigenvalue weighted by molar-refractivity contribution is 6.44. The lowest BCUT2D eigenvalue weighted by atomic mass is 9.68. The number of amides is 1. The van der Waals surface area contributed by atoms with Crippen molar-refractivity contribution in [2.24, 2.45) is 22.7 Å². The van der Waals surface area contributed by atoms with Crippen molar-refractivity contribution in [3.63, 3.8) is 0 Å². The number of nitrogens with zero attached hydrogens (tertiary/aromatic N) is 4. The van der Waals surface area contributed by atoms with E-state index in [2.05, 4.69) is 15.0 Å². The summed E-state index contributed by atoms with van der Waals surface area (Å²) in [6, 6.07) is 8.85. The van der Waals surface area contributed by atoms with Crippen LogP contribution in [0.25, 0.3) is 11.0 Å². The smallest absolute Gasteiger partial charge is 0.344 e. The van der Waals surface area contributed by atoms with Crippen LogP contribution >= 0.6 is 0 Å². The molecule has 4 bridgehead atoms. The van der Waals surface area contributed by atoms with Gasteiger partial charge >= 0.3 is 5.97 Å². The van der Waals surface area contributed by atoms with Crippen LogP contribution in [0.4, 0.5) is 0 Å². The molecule has 0 radical (unpaired) electrons. The van der Waals surface area contributed by atoms with Gasteiger partial charge in [-0.1, -0.05) is 43.0 Å². The van der Waals surface area contributed by atoms with Gasteiger partial charge in [-0.3, -0.25) is 14.5 Å². The summed E-state index contributed by atoms with van der Waals surface area (Å²) in [5, 5.41) is 12.5. The van der Waals surface area contributed by atoms with Crippen molar-refractivity contribution >= 4 is 28.6 Å². The third-order valence-electron chi connectivity index (χ3n) is 9.49. The maximum atomic E-state index is 14.0. The number of aromatic nitrogens is 2. The van der Waals surface area contributed by atoms with Crippen molar-refractivity contribution in [3.05, 3.63) is 40.3 Å². The first kappa shape index (κ1) is 26.0. The zero-order chi connectivity index (χ0) is 27.1. The van der Waals surface area contributed by atoms with Crippen LogP contribution in [0.15, 0.2) is 34.2 Å². The molecule has 4 aliphatic rings. The fraction of sp³-hybridized carbons (Fsp3) is 0.621. The van der Waals surface area contributed by atoms with Gasteiger partial charge in [0.2, 0.25) is 6.61 Å². The summed E-state index contributed by atoms with van der Waals surface area (Å²) >= 11 is 0. The van der Waals surface area contributed by atoms with E-state index in [0.29, 0.717) is 29.2 Å². The number of para-hydroxylation sites is 2. The molecule has 1 unspecified atom stereocenters. The van der Waals surface area contributed by atoms with E-state index in [-0.39, 0.29) is 11.7 Å². The quantitative estimate of drug-likeness (QED) is 0.410. The molecular weight excluding hydrogens is 498 g/mol. The Morgan fingerprint density at radius 1 is 0.949 bits per heavy atom. The number of hydrogen-bond acceptors (Lipinski definition) is 7. The molecule has 1 aromatic carbocycles. The molecule has 3 N–H and O–H groups in total. The van der Waals surface area contributed by atoms with Crippen molar-refractivity contribution in [1.29, 1.82) is 0 Å². The number of hydrogen-bond donors (Lipinski definition) is 2. The van der Waals surface area contributed by atoms with Gasteiger partial charge in [0.1, 0.15) is 0 Å². The number of aliphatic carboxylic acids is 1. The minimum atomic E-state index is -1.26. The van der Waals surface area contributed by atoms with Crippen LogP contribution in [0, 0.1) is 11.8 Å². The van der Waals surface area contributed by atoms with Crippen LogP contribution < -0.4 is 11.3 Å². The molecule has 2 aliphatic carbocycles. The number of carbonyl (C=O) groups is 2. The Bertz CT molecular complexity index is 1330. The standard InChI is InChI=1S/C29H37N5O5/c30-28(37)26(32-39-16-25(35)36)27-29(38)34(24-10-2-1-9-23(24)31-27)22-14-19-7-4-8-20(15-22)33(19)21-12-17-5-3-6-18(11-17)13-21/h1-2,9-10,17-22H,3-8,11-16H2,(H2,30,37)(H,35,36)/b32-26-/t17-,18+,19-,20+,21?,22+. The van der Waals surface area contributed by atoms with Gasteiger partial charge in [0.05, 0.1) is 11.0 Å². The summed E-state index contributed by atoms with van der Waals surface area (Å²) < 4.78 is 1.78. The van der Waals surface area contributed by atoms with Gasteiger partial charge in [-0.15, -0.1) is 0 Å². The number of oxime groups is 1. The van der Waals surface area contributed by atoms with Gasteiger partial charge in [0, 0.05) is 24.2 Å². The van der Waals surface area contributed by atoms with Gasteiger partial charge in [-0.2, -0.15) is 0 Å². The van der Waals surface area contributed by atoms with E-state index in [1.807, 2.05) is 18.2 Å². The molecule has 3 heterocycles. The molecule has 2 aromatic rings. The zero-order valence-corrected chi connectivity index (χ0v) is 22.2. The minimum Gasteiger partial charge on any atom is -0.479 e. The van der Waals surface area contributed by atoms with Crippen molar-refractivity contribution in [2.45, 2.75) is 94.8 Å². The van der Waals surface area contributed by atoms with Crippen LogP contribution in [0.2, 0.25) is 0 Å². The highest BCUT2D eigenvalue weighted by Gasteiger charge is 2.45. The number of rotatable bonds is 7. The molecule has 2 saturated heterocycles. The van der Waals surface area contributed by atoms with Gasteiger partial charge in [0.25, 0.3) is 11.5 Å². The van der Waals surface area contributed by atoms with Crippen LogP contribution in [0.3, 0.4) is 0 Å². The van der Waals surface area contributed by atoms with E-state index in [1.54, 1.807) is 10.6 Å². The number of piperidine rings is 2. The Hall–Kier alpha value is -3.27. The molecule has 1 aromatic heterocycles. The molecule has 10 nitrogen and oxygen atoms in total. The average Bonchev–Trinajstić information content (AvgIpc) is 2.90. The molecule has 0 spiro atoms. The minimum absolute atomic E-state index is 0.0483. The molecule has 4 fully saturated rings. The van der Waals surface area contributed by atoms with E-state index < -0.39 is 29.8 Å². The van der Waals surface area contributed by atoms with E-state index in [9.17, 15) is 14.4 Å². The summed E-state index contributed by atoms with van der Waals surface area (Å²) in [5.74, 6) is -0.525. The van der Waals surface area contributed by atoms with E-state index in [1.165, 1.54) is 44.9 Å². The summed E-state index contributed by atoms with van der Waals surface area (Å²) in [6.07, 6.45) is 13.4. The fourth-order valence-electron chi connectivity index (χ4n) is 8.16. The number of fused-ring (bicyclic) bond motifs is 5. The Morgan fingerprint density at radius 3 is 2.28 bits per heavy atom. The maximum absolute atomic E-state index is 14.0. The van der Waals surface area contributed by atoms with E-state index >= 15 is 0 Å². The molecule has 1 amide bonds. The van der Waals surface area contributed by atoms with Crippen molar-refractivity contribution < 1.29 is 19.5 Å². The second kappa shape index (κ2) is 10.7. The summed E-state index contributed by atoms with van der Waals surface area (Å²) in [4.78, 5) is 49.2. The Morgan fingerprint density at radius 2 is 1.62 bits per heavy atom. The second-order valence-corrected chi connectivity index (χ2v) is 11.9. The number of primary amides is 1. The largest absolute Gasteiger partial charge is 0.479 e. The lowest BCUT2D eigenvalue weighted by Crippen LogP contribution is -2.58. The highest BCUT2D eigenvalue weighted by Crippen LogP contribution is 2.47. The van der Waals surface area contributed by atoms with Gasteiger partial charge in [0.15, 0.2) is 11.4 Å². The predicted octanol–water partition coefficient (Wildman–Crippen LogP) is 3.21.